The van der Waals surface area contributed by atoms with Crippen molar-refractivity contribution in [1.29, 1.82) is 0 Å². The molecule has 3 heterocycles. The number of imidazole rings is 1. The maximum absolute atomic E-state index is 13.6. The highest BCUT2D eigenvalue weighted by molar-refractivity contribution is 7.71. The van der Waals surface area contributed by atoms with Gasteiger partial charge < -0.3 is 39.1 Å². The summed E-state index contributed by atoms with van der Waals surface area (Å²) in [7, 11) is -8.94. The van der Waals surface area contributed by atoms with Crippen molar-refractivity contribution >= 4 is 32.2 Å². The molecule has 0 amide bonds. The molecule has 1 aliphatic heterocycles. The fraction of sp³-hybridized carbons (Fsp3) is 0.261. The summed E-state index contributed by atoms with van der Waals surface area (Å²) >= 11 is 0. The Labute approximate surface area is 222 Å². The summed E-state index contributed by atoms with van der Waals surface area (Å²) in [6.45, 7) is -0.622. The molecule has 1 aliphatic rings. The van der Waals surface area contributed by atoms with Crippen molar-refractivity contribution in [1.82, 2.24) is 19.5 Å². The third-order valence-electron chi connectivity index (χ3n) is 5.77. The van der Waals surface area contributed by atoms with E-state index in [-0.39, 0.29) is 28.5 Å². The Kier molecular flexibility index (Phi) is 7.70. The van der Waals surface area contributed by atoms with E-state index < -0.39 is 52.2 Å². The first-order valence-electron chi connectivity index (χ1n) is 11.6. The molecule has 0 saturated carbocycles. The normalized spacial score (nSPS) is 22.9. The quantitative estimate of drug-likeness (QED) is 0.201. The fourth-order valence-electron chi connectivity index (χ4n) is 3.96. The zero-order valence-electron chi connectivity index (χ0n) is 20.2. The number of anilines is 1. The number of aliphatic hydroxyl groups is 2. The minimum atomic E-state index is -4.65. The van der Waals surface area contributed by atoms with Crippen LogP contribution in [0.25, 0.3) is 11.2 Å². The molecular formula is C23H25N5O9P2. The summed E-state index contributed by atoms with van der Waals surface area (Å²) in [4.78, 5) is 22.6. The predicted molar refractivity (Wildman–Crippen MR) is 138 cm³/mol. The number of rotatable bonds is 10. The van der Waals surface area contributed by atoms with Crippen LogP contribution in [0, 0.1) is 0 Å². The molecule has 5 N–H and O–H groups in total. The van der Waals surface area contributed by atoms with E-state index in [1.807, 2.05) is 0 Å². The number of hydrogen-bond acceptors (Lipinski definition) is 12. The number of fused-ring (bicyclic) bond motifs is 1. The van der Waals surface area contributed by atoms with Crippen molar-refractivity contribution < 1.29 is 42.5 Å². The van der Waals surface area contributed by atoms with Gasteiger partial charge in [0, 0.05) is 0 Å². The molecular weight excluding hydrogens is 552 g/mol. The molecule has 14 nitrogen and oxygen atoms in total. The van der Waals surface area contributed by atoms with Gasteiger partial charge in [0.2, 0.25) is 0 Å². The van der Waals surface area contributed by atoms with Crippen LogP contribution in [0.4, 0.5) is 5.82 Å². The summed E-state index contributed by atoms with van der Waals surface area (Å²) in [5.41, 5.74) is 6.33. The summed E-state index contributed by atoms with van der Waals surface area (Å²) in [5.74, 6) is -0.558. The monoisotopic (exact) mass is 577 g/mol. The Morgan fingerprint density at radius 3 is 2.15 bits per heavy atom. The van der Waals surface area contributed by atoms with Crippen molar-refractivity contribution in [2.45, 2.75) is 24.5 Å². The number of para-hydroxylation sites is 2. The molecule has 0 radical (unpaired) electrons. The zero-order chi connectivity index (χ0) is 27.6. The molecule has 0 bridgehead atoms. The molecule has 16 heteroatoms. The smallest absolute Gasteiger partial charge is 0.416 e. The van der Waals surface area contributed by atoms with Gasteiger partial charge in [0.05, 0.1) is 12.9 Å². The number of benzene rings is 2. The Bertz CT molecular complexity index is 1480. The van der Waals surface area contributed by atoms with Gasteiger partial charge in [0.25, 0.3) is 0 Å². The molecule has 5 rings (SSSR count). The molecule has 0 aliphatic carbocycles. The van der Waals surface area contributed by atoms with E-state index in [4.69, 9.17) is 24.0 Å². The lowest BCUT2D eigenvalue weighted by Crippen LogP contribution is -2.33. The van der Waals surface area contributed by atoms with Crippen LogP contribution in [0.5, 0.6) is 11.5 Å². The maximum atomic E-state index is 13.6. The second kappa shape index (κ2) is 11.0. The molecule has 1 saturated heterocycles. The minimum absolute atomic E-state index is 0.118. The van der Waals surface area contributed by atoms with E-state index in [2.05, 4.69) is 15.0 Å². The number of aromatic nitrogens is 4. The average Bonchev–Trinajstić information content (AvgIpc) is 3.45. The van der Waals surface area contributed by atoms with Gasteiger partial charge >= 0.3 is 15.2 Å². The van der Waals surface area contributed by atoms with Crippen molar-refractivity contribution in [3.63, 3.8) is 0 Å². The average molecular weight is 577 g/mol. The molecule has 3 unspecified atom stereocenters. The van der Waals surface area contributed by atoms with Gasteiger partial charge in [0.15, 0.2) is 23.6 Å². The molecule has 39 heavy (non-hydrogen) atoms. The van der Waals surface area contributed by atoms with E-state index in [0.29, 0.717) is 0 Å². The van der Waals surface area contributed by atoms with Crippen LogP contribution in [-0.4, -0.2) is 65.4 Å². The lowest BCUT2D eigenvalue weighted by molar-refractivity contribution is -0.0483. The topological polar surface area (TPSA) is 201 Å². The molecule has 4 aromatic rings. The molecule has 5 atom stereocenters. The van der Waals surface area contributed by atoms with Crippen LogP contribution in [0.3, 0.4) is 0 Å². The zero-order valence-corrected chi connectivity index (χ0v) is 22.0. The fourth-order valence-corrected chi connectivity index (χ4v) is 7.81. The van der Waals surface area contributed by atoms with Crippen LogP contribution in [0.1, 0.15) is 6.23 Å². The van der Waals surface area contributed by atoms with Gasteiger partial charge in [-0.3, -0.25) is 9.13 Å². The van der Waals surface area contributed by atoms with Gasteiger partial charge in [-0.15, -0.1) is 0 Å². The lowest BCUT2D eigenvalue weighted by atomic mass is 10.1. The minimum Gasteiger partial charge on any atom is -0.416 e. The van der Waals surface area contributed by atoms with E-state index >= 15 is 0 Å². The number of aliphatic hydroxyl groups excluding tert-OH is 2. The van der Waals surface area contributed by atoms with Gasteiger partial charge in [-0.05, 0) is 24.3 Å². The summed E-state index contributed by atoms with van der Waals surface area (Å²) in [5, 5.41) is 21.2. The van der Waals surface area contributed by atoms with Gasteiger partial charge in [-0.1, -0.05) is 36.4 Å². The van der Waals surface area contributed by atoms with Gasteiger partial charge in [-0.2, -0.15) is 0 Å². The van der Waals surface area contributed by atoms with Crippen LogP contribution in [0.2, 0.25) is 0 Å². The highest BCUT2D eigenvalue weighted by Gasteiger charge is 2.46. The lowest BCUT2D eigenvalue weighted by Gasteiger charge is -2.23. The third kappa shape index (κ3) is 6.13. The van der Waals surface area contributed by atoms with E-state index in [1.54, 1.807) is 36.4 Å². The number of hydrogen-bond donors (Lipinski definition) is 4. The van der Waals surface area contributed by atoms with E-state index in [9.17, 15) is 24.2 Å². The van der Waals surface area contributed by atoms with E-state index in [1.165, 1.54) is 41.5 Å². The van der Waals surface area contributed by atoms with Crippen molar-refractivity contribution in [3.8, 4) is 11.5 Å². The summed E-state index contributed by atoms with van der Waals surface area (Å²) in [6.07, 6.45) is -2.82. The first-order valence-corrected chi connectivity index (χ1v) is 15.1. The Morgan fingerprint density at radius 1 is 0.923 bits per heavy atom. The van der Waals surface area contributed by atoms with Gasteiger partial charge in [0.1, 0.15) is 41.7 Å². The second-order valence-electron chi connectivity index (χ2n) is 8.62. The summed E-state index contributed by atoms with van der Waals surface area (Å²) in [6, 6.07) is 16.1. The first-order chi connectivity index (χ1) is 18.6. The van der Waals surface area contributed by atoms with Crippen LogP contribution in [0.15, 0.2) is 73.3 Å². The van der Waals surface area contributed by atoms with Crippen molar-refractivity contribution in [2.24, 2.45) is 0 Å². The second-order valence-corrected chi connectivity index (χ2v) is 12.9. The van der Waals surface area contributed by atoms with E-state index in [0.717, 1.165) is 0 Å². The highest BCUT2D eigenvalue weighted by Crippen LogP contribution is 2.61. The number of ether oxygens (including phenoxy) is 1. The van der Waals surface area contributed by atoms with Crippen LogP contribution < -0.4 is 14.8 Å². The molecule has 1 fully saturated rings. The molecule has 0 spiro atoms. The molecule has 206 valence electrons. The standard InChI is InChI=1S/C23H25N5O9P2/c24-21-18-22(26-12-25-21)28(13-27-18)23-20(30)19(29)17(35-23)11-34-38(31,32)14-39(33,36-15-7-3-1-4-8-15)37-16-9-5-2-6-10-16/h1-10,12-13,17,19-20,23,29-30H,11,14H2,(H,31,32)(H2,24,25,26)/t17-,19?,20?,23-/m1/s1. The number of nitrogens with zero attached hydrogens (tertiary/aromatic N) is 4. The van der Waals surface area contributed by atoms with Crippen molar-refractivity contribution in [3.05, 3.63) is 73.3 Å². The molecule has 2 aromatic carbocycles. The third-order valence-corrected chi connectivity index (χ3v) is 10.1. The SMILES string of the molecule is Nc1ncnc2c1ncn2[C@@H]1O[C@H](COP(=O)(O)CP(=O)(Oc2ccccc2)Oc2ccccc2)C(O)C1O. The highest BCUT2D eigenvalue weighted by atomic mass is 31.2. The number of nitrogens with two attached hydrogens (primary N) is 1. The van der Waals surface area contributed by atoms with Gasteiger partial charge in [-0.25, -0.2) is 19.5 Å². The Morgan fingerprint density at radius 2 is 1.54 bits per heavy atom. The van der Waals surface area contributed by atoms with Crippen LogP contribution in [-0.2, 0) is 18.4 Å². The van der Waals surface area contributed by atoms with Crippen molar-refractivity contribution in [2.75, 3.05) is 18.2 Å². The largest absolute Gasteiger partial charge is 0.442 e. The predicted octanol–water partition coefficient (Wildman–Crippen LogP) is 2.54. The molecule has 2 aromatic heterocycles. The Balaban J connectivity index is 1.29. The summed E-state index contributed by atoms with van der Waals surface area (Å²) < 4.78 is 50.0. The van der Waals surface area contributed by atoms with Crippen LogP contribution >= 0.6 is 15.2 Å². The Hall–Kier alpha value is -3.35. The number of nitrogen functional groups attached to an aromatic ring is 1. The maximum Gasteiger partial charge on any atom is 0.442 e. The first kappa shape index (κ1) is 27.2.